The molecule has 0 spiro atoms. The van der Waals surface area contributed by atoms with Gasteiger partial charge < -0.3 is 10.2 Å². The van der Waals surface area contributed by atoms with Gasteiger partial charge in [0.15, 0.2) is 0 Å². The zero-order valence-electron chi connectivity index (χ0n) is 18.5. The Bertz CT molecular complexity index is 926. The molecule has 1 aliphatic carbocycles. The maximum atomic E-state index is 13.4. The fourth-order valence-corrected chi connectivity index (χ4v) is 4.37. The normalized spacial score (nSPS) is 14.7. The van der Waals surface area contributed by atoms with Crippen LogP contribution in [0.25, 0.3) is 0 Å². The number of hydrogen-bond acceptors (Lipinski definition) is 4. The standard InChI is InChI=1S/C25H31N3O4/c1-2-22(25(30)26-21-13-7-8-14-21)27(17-16-19-10-4-3-5-11-19)24(29)18-20-12-6-9-15-23(20)28(31)32/h3-6,9-12,15,21-22H,2,7-8,13-14,16-18H2,1H3,(H,26,30)/t22-/m1/s1. The molecule has 0 aromatic heterocycles. The van der Waals surface area contributed by atoms with Crippen molar-refractivity contribution in [3.05, 3.63) is 75.8 Å². The van der Waals surface area contributed by atoms with Crippen molar-refractivity contribution in [1.29, 1.82) is 0 Å². The lowest BCUT2D eigenvalue weighted by Gasteiger charge is -2.31. The minimum absolute atomic E-state index is 0.0766. The number of benzene rings is 2. The molecular weight excluding hydrogens is 406 g/mol. The van der Waals surface area contributed by atoms with E-state index in [-0.39, 0.29) is 30.0 Å². The number of nitrogens with one attached hydrogen (secondary N) is 1. The van der Waals surface area contributed by atoms with Gasteiger partial charge in [-0.15, -0.1) is 0 Å². The fourth-order valence-electron chi connectivity index (χ4n) is 4.37. The highest BCUT2D eigenvalue weighted by Gasteiger charge is 2.31. The van der Waals surface area contributed by atoms with Crippen LogP contribution in [0.3, 0.4) is 0 Å². The Morgan fingerprint density at radius 1 is 1.09 bits per heavy atom. The van der Waals surface area contributed by atoms with Crippen LogP contribution >= 0.6 is 0 Å². The zero-order valence-corrected chi connectivity index (χ0v) is 18.5. The van der Waals surface area contributed by atoms with Crippen LogP contribution in [0.2, 0.25) is 0 Å². The topological polar surface area (TPSA) is 92.6 Å². The SMILES string of the molecule is CC[C@H](C(=O)NC1CCCC1)N(CCc1ccccc1)C(=O)Cc1ccccc1[N+](=O)[O-]. The van der Waals surface area contributed by atoms with E-state index in [1.165, 1.54) is 6.07 Å². The summed E-state index contributed by atoms with van der Waals surface area (Å²) in [4.78, 5) is 39.0. The first-order valence-electron chi connectivity index (χ1n) is 11.4. The second-order valence-electron chi connectivity index (χ2n) is 8.30. The molecule has 1 aliphatic rings. The number of hydrogen-bond donors (Lipinski definition) is 1. The number of carbonyl (C=O) groups is 2. The summed E-state index contributed by atoms with van der Waals surface area (Å²) >= 11 is 0. The van der Waals surface area contributed by atoms with Crippen LogP contribution in [0.1, 0.15) is 50.2 Å². The molecule has 0 heterocycles. The summed E-state index contributed by atoms with van der Waals surface area (Å²) in [6.45, 7) is 2.27. The van der Waals surface area contributed by atoms with Crippen molar-refractivity contribution in [3.63, 3.8) is 0 Å². The highest BCUT2D eigenvalue weighted by molar-refractivity contribution is 5.89. The minimum atomic E-state index is -0.602. The maximum absolute atomic E-state index is 13.4. The van der Waals surface area contributed by atoms with Gasteiger partial charge >= 0.3 is 0 Å². The molecule has 0 radical (unpaired) electrons. The third-order valence-electron chi connectivity index (χ3n) is 6.10. The van der Waals surface area contributed by atoms with Gasteiger partial charge in [-0.25, -0.2) is 0 Å². The average Bonchev–Trinajstić information content (AvgIpc) is 3.30. The van der Waals surface area contributed by atoms with E-state index in [1.807, 2.05) is 37.3 Å². The Hall–Kier alpha value is -3.22. The Balaban J connectivity index is 1.80. The Morgan fingerprint density at radius 2 is 1.75 bits per heavy atom. The molecule has 0 saturated heterocycles. The Labute approximate surface area is 189 Å². The molecule has 0 bridgehead atoms. The van der Waals surface area contributed by atoms with Gasteiger partial charge in [-0.1, -0.05) is 68.3 Å². The van der Waals surface area contributed by atoms with E-state index >= 15 is 0 Å². The smallest absolute Gasteiger partial charge is 0.273 e. The van der Waals surface area contributed by atoms with E-state index in [1.54, 1.807) is 23.1 Å². The summed E-state index contributed by atoms with van der Waals surface area (Å²) in [7, 11) is 0. The molecule has 3 rings (SSSR count). The zero-order chi connectivity index (χ0) is 22.9. The van der Waals surface area contributed by atoms with E-state index in [4.69, 9.17) is 0 Å². The number of rotatable bonds is 10. The predicted molar refractivity (Wildman–Crippen MR) is 123 cm³/mol. The molecule has 2 amide bonds. The summed E-state index contributed by atoms with van der Waals surface area (Å²) in [5, 5.41) is 14.5. The molecular formula is C25H31N3O4. The summed E-state index contributed by atoms with van der Waals surface area (Å²) < 4.78 is 0. The number of amides is 2. The van der Waals surface area contributed by atoms with Gasteiger partial charge in [0.05, 0.1) is 11.3 Å². The van der Waals surface area contributed by atoms with Crippen molar-refractivity contribution >= 4 is 17.5 Å². The van der Waals surface area contributed by atoms with Crippen molar-refractivity contribution in [3.8, 4) is 0 Å². The summed E-state index contributed by atoms with van der Waals surface area (Å²) in [5.74, 6) is -0.410. The lowest BCUT2D eigenvalue weighted by molar-refractivity contribution is -0.385. The average molecular weight is 438 g/mol. The quantitative estimate of drug-likeness (QED) is 0.448. The minimum Gasteiger partial charge on any atom is -0.352 e. The Morgan fingerprint density at radius 3 is 2.41 bits per heavy atom. The number of carbonyl (C=O) groups excluding carboxylic acids is 2. The first-order chi connectivity index (χ1) is 15.5. The molecule has 0 unspecified atom stereocenters. The van der Waals surface area contributed by atoms with Gasteiger partial charge in [0.2, 0.25) is 11.8 Å². The second-order valence-corrected chi connectivity index (χ2v) is 8.30. The lowest BCUT2D eigenvalue weighted by atomic mass is 10.0. The molecule has 1 atom stereocenters. The van der Waals surface area contributed by atoms with Crippen molar-refractivity contribution < 1.29 is 14.5 Å². The molecule has 1 fully saturated rings. The van der Waals surface area contributed by atoms with E-state index in [2.05, 4.69) is 5.32 Å². The highest BCUT2D eigenvalue weighted by Crippen LogP contribution is 2.21. The van der Waals surface area contributed by atoms with E-state index < -0.39 is 11.0 Å². The first-order valence-corrected chi connectivity index (χ1v) is 11.4. The van der Waals surface area contributed by atoms with Gasteiger partial charge in [0, 0.05) is 24.2 Å². The molecule has 0 aliphatic heterocycles. The van der Waals surface area contributed by atoms with Crippen LogP contribution in [0.5, 0.6) is 0 Å². The second kappa shape index (κ2) is 11.4. The van der Waals surface area contributed by atoms with Gasteiger partial charge in [-0.2, -0.15) is 0 Å². The molecule has 7 heteroatoms. The number of nitrogens with zero attached hydrogens (tertiary/aromatic N) is 2. The van der Waals surface area contributed by atoms with Crippen molar-refractivity contribution in [2.24, 2.45) is 0 Å². The van der Waals surface area contributed by atoms with Crippen LogP contribution in [0.4, 0.5) is 5.69 Å². The van der Waals surface area contributed by atoms with E-state index in [0.29, 0.717) is 24.9 Å². The van der Waals surface area contributed by atoms with Crippen LogP contribution in [0.15, 0.2) is 54.6 Å². The van der Waals surface area contributed by atoms with Crippen molar-refractivity contribution in [1.82, 2.24) is 10.2 Å². The summed E-state index contributed by atoms with van der Waals surface area (Å²) in [6, 6.07) is 15.6. The van der Waals surface area contributed by atoms with Crippen molar-refractivity contribution in [2.75, 3.05) is 6.54 Å². The van der Waals surface area contributed by atoms with Gasteiger partial charge in [-0.05, 0) is 31.2 Å². The molecule has 7 nitrogen and oxygen atoms in total. The lowest BCUT2D eigenvalue weighted by Crippen LogP contribution is -2.52. The van der Waals surface area contributed by atoms with Gasteiger partial charge in [-0.3, -0.25) is 19.7 Å². The number of para-hydroxylation sites is 1. The van der Waals surface area contributed by atoms with Gasteiger partial charge in [0.25, 0.3) is 5.69 Å². The molecule has 2 aromatic rings. The predicted octanol–water partition coefficient (Wildman–Crippen LogP) is 4.05. The van der Waals surface area contributed by atoms with E-state index in [9.17, 15) is 19.7 Å². The number of nitro groups is 1. The largest absolute Gasteiger partial charge is 0.352 e. The highest BCUT2D eigenvalue weighted by atomic mass is 16.6. The van der Waals surface area contributed by atoms with Crippen LogP contribution in [-0.2, 0) is 22.4 Å². The first kappa shape index (κ1) is 23.4. The van der Waals surface area contributed by atoms with Crippen LogP contribution in [0, 0.1) is 10.1 Å². The molecule has 1 N–H and O–H groups in total. The third-order valence-corrected chi connectivity index (χ3v) is 6.10. The fraction of sp³-hybridized carbons (Fsp3) is 0.440. The molecule has 2 aromatic carbocycles. The maximum Gasteiger partial charge on any atom is 0.273 e. The van der Waals surface area contributed by atoms with E-state index in [0.717, 1.165) is 31.2 Å². The van der Waals surface area contributed by atoms with Gasteiger partial charge in [0.1, 0.15) is 6.04 Å². The van der Waals surface area contributed by atoms with Crippen molar-refractivity contribution in [2.45, 2.75) is 64.0 Å². The molecule has 1 saturated carbocycles. The number of nitro benzene ring substituents is 1. The molecule has 32 heavy (non-hydrogen) atoms. The molecule has 170 valence electrons. The summed E-state index contributed by atoms with van der Waals surface area (Å²) in [6.07, 6.45) is 5.13. The summed E-state index contributed by atoms with van der Waals surface area (Å²) in [5.41, 5.74) is 1.35. The van der Waals surface area contributed by atoms with Crippen LogP contribution in [-0.4, -0.2) is 40.3 Å². The monoisotopic (exact) mass is 437 g/mol. The Kier molecular flexibility index (Phi) is 8.36. The van der Waals surface area contributed by atoms with Crippen LogP contribution < -0.4 is 5.32 Å². The third kappa shape index (κ3) is 6.15.